The summed E-state index contributed by atoms with van der Waals surface area (Å²) >= 11 is 0. The largest absolute Gasteiger partial charge is 0.382 e. The number of rotatable bonds is 15. The molecule has 0 radical (unpaired) electrons. The van der Waals surface area contributed by atoms with E-state index in [2.05, 4.69) is 10.0 Å². The predicted molar refractivity (Wildman–Crippen MR) is 139 cm³/mol. The molecule has 1 aliphatic rings. The van der Waals surface area contributed by atoms with Gasteiger partial charge >= 0.3 is 0 Å². The van der Waals surface area contributed by atoms with Gasteiger partial charge in [0.25, 0.3) is 0 Å². The number of hydrogen-bond donors (Lipinski definition) is 2. The molecule has 0 aromatic heterocycles. The first kappa shape index (κ1) is 28.7. The van der Waals surface area contributed by atoms with Crippen molar-refractivity contribution >= 4 is 21.8 Å². The number of sulfonamides is 1. The third kappa shape index (κ3) is 9.21. The number of carbonyl (C=O) groups is 2. The molecule has 2 aromatic carbocycles. The summed E-state index contributed by atoms with van der Waals surface area (Å²) in [5.41, 5.74) is 1.52. The molecule has 0 unspecified atom stereocenters. The maximum Gasteiger partial charge on any atom is 0.242 e. The zero-order valence-electron chi connectivity index (χ0n) is 21.4. The van der Waals surface area contributed by atoms with Crippen molar-refractivity contribution in [2.75, 3.05) is 19.8 Å². The number of nitrogens with one attached hydrogen (secondary N) is 2. The van der Waals surface area contributed by atoms with Crippen molar-refractivity contribution in [3.63, 3.8) is 0 Å². The predicted octanol–water partition coefficient (Wildman–Crippen LogP) is 3.16. The lowest BCUT2D eigenvalue weighted by molar-refractivity contribution is -0.140. The van der Waals surface area contributed by atoms with Gasteiger partial charge in [0.2, 0.25) is 21.8 Å². The lowest BCUT2D eigenvalue weighted by atomic mass is 10.1. The highest BCUT2D eigenvalue weighted by molar-refractivity contribution is 7.89. The molecule has 1 aliphatic carbocycles. The summed E-state index contributed by atoms with van der Waals surface area (Å²) in [4.78, 5) is 27.7. The van der Waals surface area contributed by atoms with E-state index in [4.69, 9.17) is 4.74 Å². The molecule has 0 heterocycles. The second-order valence-corrected chi connectivity index (χ2v) is 10.9. The van der Waals surface area contributed by atoms with Crippen LogP contribution in [-0.4, -0.2) is 57.0 Å². The Labute approximate surface area is 218 Å². The van der Waals surface area contributed by atoms with Crippen LogP contribution in [0.3, 0.4) is 0 Å². The third-order valence-corrected chi connectivity index (χ3v) is 7.70. The Morgan fingerprint density at radius 3 is 2.35 bits per heavy atom. The molecule has 0 saturated heterocycles. The molecule has 1 fully saturated rings. The quantitative estimate of drug-likeness (QED) is 0.342. The van der Waals surface area contributed by atoms with E-state index in [-0.39, 0.29) is 41.5 Å². The molecule has 37 heavy (non-hydrogen) atoms. The van der Waals surface area contributed by atoms with Crippen LogP contribution in [0.25, 0.3) is 0 Å². The standard InChI is InChI=1S/C27H36FN3O5S/c1-3-36-18-4-17-29-27(33)20(2)31(19-22-5-10-23(28)11-6-22)26(32)16-9-21-7-14-25(15-8-21)37(34,35)30-24-12-13-24/h5-8,10-11,14-15,20,24,30H,3-4,9,12-13,16-19H2,1-2H3,(H,29,33)/t20-/m0/s1. The lowest BCUT2D eigenvalue weighted by Gasteiger charge is -2.29. The zero-order valence-corrected chi connectivity index (χ0v) is 22.2. The van der Waals surface area contributed by atoms with Crippen LogP contribution in [-0.2, 0) is 37.3 Å². The van der Waals surface area contributed by atoms with Crippen molar-refractivity contribution in [2.24, 2.45) is 0 Å². The van der Waals surface area contributed by atoms with Crippen LogP contribution >= 0.6 is 0 Å². The summed E-state index contributed by atoms with van der Waals surface area (Å²) in [7, 11) is -3.53. The number of halogens is 1. The number of ether oxygens (including phenoxy) is 1. The molecular formula is C27H36FN3O5S. The van der Waals surface area contributed by atoms with Crippen molar-refractivity contribution in [1.29, 1.82) is 0 Å². The number of benzene rings is 2. The molecular weight excluding hydrogens is 497 g/mol. The second-order valence-electron chi connectivity index (χ2n) is 9.21. The summed E-state index contributed by atoms with van der Waals surface area (Å²) in [6, 6.07) is 11.6. The van der Waals surface area contributed by atoms with Gasteiger partial charge in [0.05, 0.1) is 4.90 Å². The fraction of sp³-hybridized carbons (Fsp3) is 0.481. The normalized spacial score (nSPS) is 14.2. The second kappa shape index (κ2) is 13.6. The molecule has 202 valence electrons. The number of amides is 2. The average molecular weight is 534 g/mol. The SMILES string of the molecule is CCOCCCNC(=O)[C@H](C)N(Cc1ccc(F)cc1)C(=O)CCc1ccc(S(=O)(=O)NC2CC2)cc1. The first-order valence-corrected chi connectivity index (χ1v) is 14.2. The monoisotopic (exact) mass is 533 g/mol. The van der Waals surface area contributed by atoms with Crippen LogP contribution in [0.4, 0.5) is 4.39 Å². The number of aryl methyl sites for hydroxylation is 1. The van der Waals surface area contributed by atoms with E-state index in [0.717, 1.165) is 18.4 Å². The van der Waals surface area contributed by atoms with Gasteiger partial charge in [0.15, 0.2) is 0 Å². The van der Waals surface area contributed by atoms with Gasteiger partial charge in [-0.25, -0.2) is 17.5 Å². The summed E-state index contributed by atoms with van der Waals surface area (Å²) in [6.45, 7) is 5.33. The lowest BCUT2D eigenvalue weighted by Crippen LogP contribution is -2.48. The smallest absolute Gasteiger partial charge is 0.242 e. The minimum absolute atomic E-state index is 0.0262. The molecule has 8 nitrogen and oxygen atoms in total. The molecule has 2 aromatic rings. The molecule has 0 bridgehead atoms. The van der Waals surface area contributed by atoms with Crippen LogP contribution in [0.2, 0.25) is 0 Å². The van der Waals surface area contributed by atoms with Gasteiger partial charge in [-0.3, -0.25) is 9.59 Å². The van der Waals surface area contributed by atoms with E-state index >= 15 is 0 Å². The van der Waals surface area contributed by atoms with Crippen LogP contribution in [0, 0.1) is 5.82 Å². The Hall–Kier alpha value is -2.82. The topological polar surface area (TPSA) is 105 Å². The molecule has 1 saturated carbocycles. The van der Waals surface area contributed by atoms with Gasteiger partial charge in [0, 0.05) is 38.8 Å². The van der Waals surface area contributed by atoms with Gasteiger partial charge in [-0.1, -0.05) is 24.3 Å². The Balaban J connectivity index is 1.62. The van der Waals surface area contributed by atoms with Crippen LogP contribution in [0.5, 0.6) is 0 Å². The van der Waals surface area contributed by atoms with E-state index in [1.807, 2.05) is 6.92 Å². The van der Waals surface area contributed by atoms with E-state index in [1.54, 1.807) is 43.3 Å². The van der Waals surface area contributed by atoms with E-state index in [9.17, 15) is 22.4 Å². The zero-order chi connectivity index (χ0) is 26.8. The van der Waals surface area contributed by atoms with Gasteiger partial charge in [-0.2, -0.15) is 0 Å². The summed E-state index contributed by atoms with van der Waals surface area (Å²) in [6.07, 6.45) is 2.91. The fourth-order valence-corrected chi connectivity index (χ4v) is 5.07. The fourth-order valence-electron chi connectivity index (χ4n) is 3.77. The molecule has 2 N–H and O–H groups in total. The van der Waals surface area contributed by atoms with Crippen molar-refractivity contribution in [1.82, 2.24) is 14.9 Å². The van der Waals surface area contributed by atoms with Crippen molar-refractivity contribution in [3.05, 3.63) is 65.5 Å². The van der Waals surface area contributed by atoms with Crippen molar-refractivity contribution in [3.8, 4) is 0 Å². The summed E-state index contributed by atoms with van der Waals surface area (Å²) in [5.74, 6) is -0.877. The Bertz CT molecular complexity index is 1140. The van der Waals surface area contributed by atoms with Gasteiger partial charge in [-0.15, -0.1) is 0 Å². The maximum absolute atomic E-state index is 13.4. The molecule has 2 amide bonds. The first-order valence-electron chi connectivity index (χ1n) is 12.7. The molecule has 10 heteroatoms. The first-order chi connectivity index (χ1) is 17.7. The van der Waals surface area contributed by atoms with Gasteiger partial charge < -0.3 is 15.0 Å². The summed E-state index contributed by atoms with van der Waals surface area (Å²) in [5, 5.41) is 2.85. The highest BCUT2D eigenvalue weighted by atomic mass is 32.2. The average Bonchev–Trinajstić information content (AvgIpc) is 3.70. The van der Waals surface area contributed by atoms with Crippen LogP contribution in [0.15, 0.2) is 53.4 Å². The van der Waals surface area contributed by atoms with Crippen molar-refractivity contribution < 1.29 is 27.1 Å². The van der Waals surface area contributed by atoms with Gasteiger partial charge in [0.1, 0.15) is 11.9 Å². The third-order valence-electron chi connectivity index (χ3n) is 6.16. The van der Waals surface area contributed by atoms with Crippen LogP contribution < -0.4 is 10.0 Å². The summed E-state index contributed by atoms with van der Waals surface area (Å²) < 4.78 is 46.0. The minimum atomic E-state index is -3.53. The van der Waals surface area contributed by atoms with Crippen LogP contribution in [0.1, 0.15) is 50.7 Å². The van der Waals surface area contributed by atoms with Gasteiger partial charge in [-0.05, 0) is 74.9 Å². The highest BCUT2D eigenvalue weighted by Gasteiger charge is 2.28. The maximum atomic E-state index is 13.4. The van der Waals surface area contributed by atoms with E-state index in [0.29, 0.717) is 38.2 Å². The number of nitrogens with zero attached hydrogens (tertiary/aromatic N) is 1. The van der Waals surface area contributed by atoms with E-state index in [1.165, 1.54) is 17.0 Å². The number of hydrogen-bond acceptors (Lipinski definition) is 5. The minimum Gasteiger partial charge on any atom is -0.382 e. The highest BCUT2D eigenvalue weighted by Crippen LogP contribution is 2.22. The molecule has 0 aliphatic heterocycles. The number of carbonyl (C=O) groups excluding carboxylic acids is 2. The molecule has 1 atom stereocenters. The van der Waals surface area contributed by atoms with E-state index < -0.39 is 16.1 Å². The Kier molecular flexibility index (Phi) is 10.6. The Morgan fingerprint density at radius 2 is 1.73 bits per heavy atom. The Morgan fingerprint density at radius 1 is 1.08 bits per heavy atom. The molecule has 3 rings (SSSR count). The van der Waals surface area contributed by atoms with Crippen molar-refractivity contribution in [2.45, 2.75) is 69.5 Å². The molecule has 0 spiro atoms.